The fourth-order valence-corrected chi connectivity index (χ4v) is 1.57. The third kappa shape index (κ3) is 5.17. The lowest BCUT2D eigenvalue weighted by atomic mass is 10.2. The van der Waals surface area contributed by atoms with E-state index in [9.17, 15) is 4.79 Å². The third-order valence-corrected chi connectivity index (χ3v) is 2.48. The van der Waals surface area contributed by atoms with E-state index in [-0.39, 0.29) is 12.5 Å². The van der Waals surface area contributed by atoms with Crippen LogP contribution in [0, 0.1) is 6.92 Å². The Morgan fingerprint density at radius 1 is 1.47 bits per heavy atom. The lowest BCUT2D eigenvalue weighted by molar-refractivity contribution is -0.115. The van der Waals surface area contributed by atoms with E-state index in [4.69, 9.17) is 16.3 Å². The number of ether oxygens (including phenoxy) is 1. The van der Waals surface area contributed by atoms with Gasteiger partial charge in [0.1, 0.15) is 0 Å². The highest BCUT2D eigenvalue weighted by molar-refractivity contribution is 6.33. The molecule has 0 aliphatic rings. The number of halogens is 1. The number of methoxy groups -OCH3 is 1. The molecule has 17 heavy (non-hydrogen) atoms. The van der Waals surface area contributed by atoms with Crippen LogP contribution in [0.25, 0.3) is 0 Å². The number of hydrogen-bond acceptors (Lipinski definition) is 3. The average Bonchev–Trinajstić information content (AvgIpc) is 2.28. The van der Waals surface area contributed by atoms with Crippen molar-refractivity contribution in [1.82, 2.24) is 5.32 Å². The Balaban J connectivity index is 2.40. The lowest BCUT2D eigenvalue weighted by Gasteiger charge is -2.08. The molecular formula is C12H17ClN2O2. The van der Waals surface area contributed by atoms with Crippen LogP contribution in [0.15, 0.2) is 18.2 Å². The number of benzene rings is 1. The fraction of sp³-hybridized carbons (Fsp3) is 0.417. The molecule has 0 bridgehead atoms. The van der Waals surface area contributed by atoms with Crippen LogP contribution in [0.3, 0.4) is 0 Å². The minimum absolute atomic E-state index is 0.119. The Morgan fingerprint density at radius 2 is 2.24 bits per heavy atom. The van der Waals surface area contributed by atoms with Crippen LogP contribution in [-0.4, -0.2) is 32.7 Å². The van der Waals surface area contributed by atoms with Crippen molar-refractivity contribution in [2.75, 3.05) is 32.1 Å². The van der Waals surface area contributed by atoms with Crippen molar-refractivity contribution in [2.45, 2.75) is 6.92 Å². The molecule has 0 aliphatic heterocycles. The zero-order valence-electron chi connectivity index (χ0n) is 10.0. The van der Waals surface area contributed by atoms with Gasteiger partial charge in [0.2, 0.25) is 5.91 Å². The molecule has 0 spiro atoms. The molecule has 1 amide bonds. The van der Waals surface area contributed by atoms with Crippen LogP contribution in [0.4, 0.5) is 5.69 Å². The van der Waals surface area contributed by atoms with E-state index in [1.165, 1.54) is 0 Å². The van der Waals surface area contributed by atoms with E-state index < -0.39 is 0 Å². The topological polar surface area (TPSA) is 50.4 Å². The van der Waals surface area contributed by atoms with E-state index in [1.807, 2.05) is 19.1 Å². The van der Waals surface area contributed by atoms with Crippen molar-refractivity contribution in [3.63, 3.8) is 0 Å². The van der Waals surface area contributed by atoms with E-state index in [1.54, 1.807) is 13.2 Å². The smallest absolute Gasteiger partial charge is 0.238 e. The number of nitrogens with one attached hydrogen (secondary N) is 2. The number of aryl methyl sites for hydroxylation is 1. The van der Waals surface area contributed by atoms with Crippen molar-refractivity contribution in [3.05, 3.63) is 28.8 Å². The van der Waals surface area contributed by atoms with E-state index in [0.29, 0.717) is 23.9 Å². The summed E-state index contributed by atoms with van der Waals surface area (Å²) >= 11 is 6.00. The number of carbonyl (C=O) groups is 1. The SMILES string of the molecule is COCCNCC(=O)Nc1ccc(C)cc1Cl. The molecule has 1 rings (SSSR count). The fourth-order valence-electron chi connectivity index (χ4n) is 1.29. The molecule has 1 aromatic rings. The summed E-state index contributed by atoms with van der Waals surface area (Å²) in [6.07, 6.45) is 0. The molecule has 0 aliphatic carbocycles. The van der Waals surface area contributed by atoms with Crippen LogP contribution in [0.2, 0.25) is 5.02 Å². The normalized spacial score (nSPS) is 10.3. The first kappa shape index (κ1) is 14.0. The van der Waals surface area contributed by atoms with Gasteiger partial charge in [-0.15, -0.1) is 0 Å². The zero-order valence-corrected chi connectivity index (χ0v) is 10.8. The minimum Gasteiger partial charge on any atom is -0.383 e. The summed E-state index contributed by atoms with van der Waals surface area (Å²) in [5.74, 6) is -0.119. The molecule has 1 aromatic carbocycles. The van der Waals surface area contributed by atoms with Gasteiger partial charge < -0.3 is 15.4 Å². The number of amides is 1. The van der Waals surface area contributed by atoms with Crippen LogP contribution in [0.5, 0.6) is 0 Å². The minimum atomic E-state index is -0.119. The standard InChI is InChI=1S/C12H17ClN2O2/c1-9-3-4-11(10(13)7-9)15-12(16)8-14-5-6-17-2/h3-4,7,14H,5-6,8H2,1-2H3,(H,15,16). The van der Waals surface area contributed by atoms with Gasteiger partial charge in [0.15, 0.2) is 0 Å². The van der Waals surface area contributed by atoms with Gasteiger partial charge in [0, 0.05) is 13.7 Å². The van der Waals surface area contributed by atoms with Gasteiger partial charge in [-0.3, -0.25) is 4.79 Å². The van der Waals surface area contributed by atoms with Crippen LogP contribution < -0.4 is 10.6 Å². The van der Waals surface area contributed by atoms with Crippen molar-refractivity contribution in [3.8, 4) is 0 Å². The summed E-state index contributed by atoms with van der Waals surface area (Å²) in [5.41, 5.74) is 1.70. The van der Waals surface area contributed by atoms with Crippen molar-refractivity contribution < 1.29 is 9.53 Å². The first-order valence-corrected chi connectivity index (χ1v) is 5.77. The molecule has 0 heterocycles. The van der Waals surface area contributed by atoms with E-state index >= 15 is 0 Å². The molecule has 0 saturated heterocycles. The maximum atomic E-state index is 11.5. The van der Waals surface area contributed by atoms with Crippen LogP contribution >= 0.6 is 11.6 Å². The number of carbonyl (C=O) groups excluding carboxylic acids is 1. The first-order chi connectivity index (χ1) is 8.13. The lowest BCUT2D eigenvalue weighted by Crippen LogP contribution is -2.30. The van der Waals surface area contributed by atoms with Crippen molar-refractivity contribution >= 4 is 23.2 Å². The number of rotatable bonds is 6. The second kappa shape index (κ2) is 7.27. The van der Waals surface area contributed by atoms with Gasteiger partial charge in [0.05, 0.1) is 23.9 Å². The Kier molecular flexibility index (Phi) is 5.97. The maximum absolute atomic E-state index is 11.5. The summed E-state index contributed by atoms with van der Waals surface area (Å²) in [6, 6.07) is 5.51. The molecule has 0 saturated carbocycles. The highest BCUT2D eigenvalue weighted by Gasteiger charge is 2.05. The van der Waals surface area contributed by atoms with Gasteiger partial charge in [-0.05, 0) is 24.6 Å². The summed E-state index contributed by atoms with van der Waals surface area (Å²) in [6.45, 7) is 3.42. The van der Waals surface area contributed by atoms with Crippen LogP contribution in [0.1, 0.15) is 5.56 Å². The van der Waals surface area contributed by atoms with E-state index in [0.717, 1.165) is 5.56 Å². The van der Waals surface area contributed by atoms with Gasteiger partial charge in [0.25, 0.3) is 0 Å². The largest absolute Gasteiger partial charge is 0.383 e. The summed E-state index contributed by atoms with van der Waals surface area (Å²) in [4.78, 5) is 11.5. The van der Waals surface area contributed by atoms with E-state index in [2.05, 4.69) is 10.6 Å². The van der Waals surface area contributed by atoms with Gasteiger partial charge in [-0.25, -0.2) is 0 Å². The molecule has 0 unspecified atom stereocenters. The summed E-state index contributed by atoms with van der Waals surface area (Å²) in [5, 5.41) is 6.25. The molecular weight excluding hydrogens is 240 g/mol. The Bertz CT molecular complexity index is 383. The van der Waals surface area contributed by atoms with Crippen molar-refractivity contribution in [1.29, 1.82) is 0 Å². The quantitative estimate of drug-likeness (QED) is 0.764. The first-order valence-electron chi connectivity index (χ1n) is 5.39. The third-order valence-electron chi connectivity index (χ3n) is 2.17. The molecule has 0 atom stereocenters. The Hall–Kier alpha value is -1.10. The highest BCUT2D eigenvalue weighted by Crippen LogP contribution is 2.22. The second-order valence-electron chi connectivity index (χ2n) is 3.70. The number of hydrogen-bond donors (Lipinski definition) is 2. The monoisotopic (exact) mass is 256 g/mol. The summed E-state index contributed by atoms with van der Waals surface area (Å²) in [7, 11) is 1.62. The molecule has 4 nitrogen and oxygen atoms in total. The average molecular weight is 257 g/mol. The molecule has 5 heteroatoms. The molecule has 0 aromatic heterocycles. The maximum Gasteiger partial charge on any atom is 0.238 e. The molecule has 94 valence electrons. The molecule has 0 radical (unpaired) electrons. The number of anilines is 1. The zero-order chi connectivity index (χ0) is 12.7. The predicted molar refractivity (Wildman–Crippen MR) is 69.6 cm³/mol. The van der Waals surface area contributed by atoms with Crippen molar-refractivity contribution in [2.24, 2.45) is 0 Å². The Morgan fingerprint density at radius 3 is 2.88 bits per heavy atom. The van der Waals surface area contributed by atoms with Gasteiger partial charge >= 0.3 is 0 Å². The Labute approximate surface area is 106 Å². The predicted octanol–water partition coefficient (Wildman–Crippen LogP) is 1.82. The highest BCUT2D eigenvalue weighted by atomic mass is 35.5. The van der Waals surface area contributed by atoms with Gasteiger partial charge in [-0.2, -0.15) is 0 Å². The molecule has 2 N–H and O–H groups in total. The van der Waals surface area contributed by atoms with Gasteiger partial charge in [-0.1, -0.05) is 17.7 Å². The molecule has 0 fully saturated rings. The second-order valence-corrected chi connectivity index (χ2v) is 4.11. The summed E-state index contributed by atoms with van der Waals surface area (Å²) < 4.78 is 4.86. The van der Waals surface area contributed by atoms with Crippen LogP contribution in [-0.2, 0) is 9.53 Å².